The molecular weight excluding hydrogens is 486 g/mol. The van der Waals surface area contributed by atoms with Crippen LogP contribution in [-0.4, -0.2) is 34.8 Å². The van der Waals surface area contributed by atoms with Crippen LogP contribution in [-0.2, 0) is 11.2 Å². The lowest BCUT2D eigenvalue weighted by Gasteiger charge is -2.40. The first-order chi connectivity index (χ1) is 18.1. The quantitative estimate of drug-likeness (QED) is 0.155. The minimum atomic E-state index is -0.335. The fraction of sp³-hybridized carbons (Fsp3) is 0.387. The monoisotopic (exact) mass is 518 g/mol. The molecule has 3 atom stereocenters. The van der Waals surface area contributed by atoms with Gasteiger partial charge in [-0.05, 0) is 117 Å². The van der Waals surface area contributed by atoms with E-state index in [2.05, 4.69) is 39.4 Å². The minimum absolute atomic E-state index is 0.127. The maximum absolute atomic E-state index is 13.6. The molecule has 3 aromatic rings. The van der Waals surface area contributed by atoms with Crippen molar-refractivity contribution in [3.05, 3.63) is 101 Å². The van der Waals surface area contributed by atoms with E-state index in [1.807, 2.05) is 12.1 Å². The number of nitrogens with zero attached hydrogens (tertiary/aromatic N) is 2. The standard InChI is InChI=1S/C31H32F2N2OS/c32-25-10-6-23(7-11-25)31(24-8-12-26(33)13-9-24)36-30-19-28-16-17-29(20-30)35(28)18-2-1-3-22-4-14-27(15-5-22)34-21-37/h4-15,28-31H,1-3,16-20H2/t28-,29+,30?. The SMILES string of the molecule is Fc1ccc(C(OC2C[C@H]3CC[C@@H](C2)N3CCCCc2ccc(N=C=S)cc2)c2ccc(F)cc2)cc1. The summed E-state index contributed by atoms with van der Waals surface area (Å²) < 4.78 is 33.9. The number of hydrogen-bond acceptors (Lipinski definition) is 4. The number of aryl methyl sites for hydroxylation is 1. The Morgan fingerprint density at radius 1 is 0.838 bits per heavy atom. The highest BCUT2D eigenvalue weighted by Crippen LogP contribution is 2.40. The molecule has 0 N–H and O–H groups in total. The number of piperidine rings is 1. The van der Waals surface area contributed by atoms with Gasteiger partial charge in [0.1, 0.15) is 17.7 Å². The molecule has 6 heteroatoms. The van der Waals surface area contributed by atoms with Crippen molar-refractivity contribution >= 4 is 23.1 Å². The largest absolute Gasteiger partial charge is 0.365 e. The van der Waals surface area contributed by atoms with Gasteiger partial charge in [-0.2, -0.15) is 4.99 Å². The van der Waals surface area contributed by atoms with Crippen molar-refractivity contribution in [2.45, 2.75) is 69.2 Å². The van der Waals surface area contributed by atoms with Crippen LogP contribution in [0.4, 0.5) is 14.5 Å². The smallest absolute Gasteiger partial charge is 0.123 e. The molecule has 37 heavy (non-hydrogen) atoms. The fourth-order valence-electron chi connectivity index (χ4n) is 5.93. The van der Waals surface area contributed by atoms with E-state index >= 15 is 0 Å². The number of ether oxygens (including phenoxy) is 1. The van der Waals surface area contributed by atoms with Gasteiger partial charge >= 0.3 is 0 Å². The average molecular weight is 519 g/mol. The van der Waals surface area contributed by atoms with Crippen molar-refractivity contribution in [3.8, 4) is 0 Å². The van der Waals surface area contributed by atoms with Crippen molar-refractivity contribution in [1.82, 2.24) is 4.90 Å². The first kappa shape index (κ1) is 25.9. The summed E-state index contributed by atoms with van der Waals surface area (Å²) in [5.74, 6) is -0.546. The van der Waals surface area contributed by atoms with Crippen LogP contribution in [0, 0.1) is 11.6 Å². The molecule has 2 fully saturated rings. The van der Waals surface area contributed by atoms with E-state index in [9.17, 15) is 8.78 Å². The van der Waals surface area contributed by atoms with Crippen molar-refractivity contribution in [2.24, 2.45) is 4.99 Å². The van der Waals surface area contributed by atoms with Gasteiger partial charge in [0, 0.05) is 12.1 Å². The molecule has 0 saturated carbocycles. The molecular formula is C31H32F2N2OS. The Hall–Kier alpha value is -2.76. The number of thiocarbonyl (C=S) groups is 1. The Morgan fingerprint density at radius 3 is 1.95 bits per heavy atom. The molecule has 0 aromatic heterocycles. The third kappa shape index (κ3) is 6.58. The van der Waals surface area contributed by atoms with E-state index in [0.29, 0.717) is 12.1 Å². The molecule has 192 valence electrons. The van der Waals surface area contributed by atoms with Gasteiger partial charge in [-0.1, -0.05) is 36.4 Å². The van der Waals surface area contributed by atoms with Crippen LogP contribution in [0.5, 0.6) is 0 Å². The molecule has 2 saturated heterocycles. The number of benzene rings is 3. The van der Waals surface area contributed by atoms with Crippen LogP contribution < -0.4 is 0 Å². The fourth-order valence-corrected chi connectivity index (χ4v) is 6.04. The second-order valence-corrected chi connectivity index (χ2v) is 10.3. The number of aliphatic imine (C=N–C) groups is 1. The van der Waals surface area contributed by atoms with E-state index in [1.54, 1.807) is 24.3 Å². The summed E-state index contributed by atoms with van der Waals surface area (Å²) in [6.07, 6.45) is 7.60. The molecule has 0 radical (unpaired) electrons. The second kappa shape index (κ2) is 12.2. The van der Waals surface area contributed by atoms with Crippen LogP contribution in [0.15, 0.2) is 77.8 Å². The van der Waals surface area contributed by atoms with Gasteiger partial charge in [-0.15, -0.1) is 0 Å². The molecule has 2 heterocycles. The predicted octanol–water partition coefficient (Wildman–Crippen LogP) is 7.82. The molecule has 0 aliphatic carbocycles. The number of hydrogen-bond donors (Lipinski definition) is 0. The summed E-state index contributed by atoms with van der Waals surface area (Å²) in [6.45, 7) is 1.12. The Kier molecular flexibility index (Phi) is 8.52. The normalized spacial score (nSPS) is 21.2. The van der Waals surface area contributed by atoms with Crippen LogP contribution in [0.25, 0.3) is 0 Å². The van der Waals surface area contributed by atoms with E-state index in [0.717, 1.165) is 49.0 Å². The molecule has 5 rings (SSSR count). The minimum Gasteiger partial charge on any atom is -0.365 e. The van der Waals surface area contributed by atoms with Gasteiger partial charge in [-0.3, -0.25) is 4.90 Å². The number of halogens is 2. The van der Waals surface area contributed by atoms with Gasteiger partial charge < -0.3 is 4.74 Å². The van der Waals surface area contributed by atoms with Gasteiger partial charge in [0.15, 0.2) is 0 Å². The highest BCUT2D eigenvalue weighted by molar-refractivity contribution is 7.78. The van der Waals surface area contributed by atoms with Crippen molar-refractivity contribution in [2.75, 3.05) is 6.54 Å². The van der Waals surface area contributed by atoms with Crippen LogP contribution in [0.3, 0.4) is 0 Å². The topological polar surface area (TPSA) is 24.8 Å². The molecule has 3 nitrogen and oxygen atoms in total. The van der Waals surface area contributed by atoms with Gasteiger partial charge in [0.25, 0.3) is 0 Å². The van der Waals surface area contributed by atoms with Crippen LogP contribution in [0.1, 0.15) is 61.3 Å². The number of unbranched alkanes of at least 4 members (excludes halogenated alkanes) is 1. The van der Waals surface area contributed by atoms with Crippen LogP contribution in [0.2, 0.25) is 0 Å². The van der Waals surface area contributed by atoms with Gasteiger partial charge in [0.2, 0.25) is 0 Å². The highest BCUT2D eigenvalue weighted by Gasteiger charge is 2.41. The van der Waals surface area contributed by atoms with E-state index < -0.39 is 0 Å². The lowest BCUT2D eigenvalue weighted by atomic mass is 9.96. The summed E-state index contributed by atoms with van der Waals surface area (Å²) in [7, 11) is 0. The summed E-state index contributed by atoms with van der Waals surface area (Å²) in [5, 5.41) is 2.41. The predicted molar refractivity (Wildman–Crippen MR) is 146 cm³/mol. The van der Waals surface area contributed by atoms with E-state index in [1.165, 1.54) is 49.1 Å². The maximum atomic E-state index is 13.6. The molecule has 2 bridgehead atoms. The zero-order valence-electron chi connectivity index (χ0n) is 20.9. The molecule has 0 amide bonds. The lowest BCUT2D eigenvalue weighted by molar-refractivity contribution is -0.0484. The molecule has 3 aromatic carbocycles. The summed E-state index contributed by atoms with van der Waals surface area (Å²) in [5.41, 5.74) is 3.96. The highest BCUT2D eigenvalue weighted by atomic mass is 32.1. The molecule has 2 aliphatic rings. The lowest BCUT2D eigenvalue weighted by Crippen LogP contribution is -2.46. The second-order valence-electron chi connectivity index (χ2n) is 10.2. The third-order valence-corrected chi connectivity index (χ3v) is 7.85. The maximum Gasteiger partial charge on any atom is 0.123 e. The Morgan fingerprint density at radius 2 is 1.41 bits per heavy atom. The van der Waals surface area contributed by atoms with Gasteiger partial charge in [0.05, 0.1) is 17.0 Å². The van der Waals surface area contributed by atoms with E-state index in [-0.39, 0.29) is 23.8 Å². The Bertz CT molecular complexity index is 1150. The first-order valence-electron chi connectivity index (χ1n) is 13.2. The summed E-state index contributed by atoms with van der Waals surface area (Å²) >= 11 is 4.67. The van der Waals surface area contributed by atoms with Crippen LogP contribution >= 0.6 is 12.2 Å². The third-order valence-electron chi connectivity index (χ3n) is 7.76. The summed E-state index contributed by atoms with van der Waals surface area (Å²) in [6, 6.07) is 22.2. The first-order valence-corrected chi connectivity index (χ1v) is 13.6. The molecule has 2 aliphatic heterocycles. The summed E-state index contributed by atoms with van der Waals surface area (Å²) in [4.78, 5) is 6.71. The van der Waals surface area contributed by atoms with Crippen molar-refractivity contribution < 1.29 is 13.5 Å². The average Bonchev–Trinajstić information content (AvgIpc) is 3.14. The van der Waals surface area contributed by atoms with E-state index in [4.69, 9.17) is 4.74 Å². The number of isothiocyanates is 1. The van der Waals surface area contributed by atoms with Crippen molar-refractivity contribution in [1.29, 1.82) is 0 Å². The number of rotatable bonds is 10. The molecule has 0 spiro atoms. The Balaban J connectivity index is 1.17. The van der Waals surface area contributed by atoms with Gasteiger partial charge in [-0.25, -0.2) is 8.78 Å². The Labute approximate surface area is 223 Å². The zero-order valence-corrected chi connectivity index (χ0v) is 21.7. The number of fused-ring (bicyclic) bond motifs is 2. The zero-order chi connectivity index (χ0) is 25.6. The van der Waals surface area contributed by atoms with Crippen molar-refractivity contribution in [3.63, 3.8) is 0 Å². The molecule has 1 unspecified atom stereocenters.